The van der Waals surface area contributed by atoms with Gasteiger partial charge in [-0.05, 0) is 48.8 Å². The highest BCUT2D eigenvalue weighted by atomic mass is 35.5. The van der Waals surface area contributed by atoms with Crippen molar-refractivity contribution in [1.29, 1.82) is 0 Å². The summed E-state index contributed by atoms with van der Waals surface area (Å²) < 4.78 is 0. The second-order valence-corrected chi connectivity index (χ2v) is 6.68. The van der Waals surface area contributed by atoms with Gasteiger partial charge in [0.15, 0.2) is 0 Å². The topological polar surface area (TPSA) is 12.0 Å². The van der Waals surface area contributed by atoms with Gasteiger partial charge in [0.25, 0.3) is 0 Å². The van der Waals surface area contributed by atoms with E-state index in [0.717, 1.165) is 5.02 Å². The molecule has 0 amide bonds. The lowest BCUT2D eigenvalue weighted by Gasteiger charge is -2.38. The van der Waals surface area contributed by atoms with Crippen LogP contribution in [0.3, 0.4) is 0 Å². The summed E-state index contributed by atoms with van der Waals surface area (Å²) in [5, 5.41) is 6.76. The van der Waals surface area contributed by atoms with Gasteiger partial charge in [-0.2, -0.15) is 0 Å². The van der Waals surface area contributed by atoms with Crippen LogP contribution < -0.4 is 5.32 Å². The Hall–Kier alpha value is -0.830. The van der Waals surface area contributed by atoms with Crippen molar-refractivity contribution < 1.29 is 0 Å². The number of halogens is 1. The van der Waals surface area contributed by atoms with Gasteiger partial charge in [0, 0.05) is 22.0 Å². The predicted octanol–water partition coefficient (Wildman–Crippen LogP) is 5.00. The van der Waals surface area contributed by atoms with Crippen LogP contribution in [0.2, 0.25) is 5.02 Å². The second-order valence-electron chi connectivity index (χ2n) is 5.29. The molecule has 1 saturated carbocycles. The van der Waals surface area contributed by atoms with Crippen molar-refractivity contribution >= 4 is 22.9 Å². The highest BCUT2D eigenvalue weighted by Gasteiger charge is 2.32. The molecule has 1 fully saturated rings. The Kier molecular flexibility index (Phi) is 3.92. The molecule has 0 aliphatic heterocycles. The largest absolute Gasteiger partial charge is 0.307 e. The van der Waals surface area contributed by atoms with E-state index in [1.54, 1.807) is 0 Å². The van der Waals surface area contributed by atoms with Crippen LogP contribution in [0.5, 0.6) is 0 Å². The average Bonchev–Trinajstić information content (AvgIpc) is 2.88. The van der Waals surface area contributed by atoms with Crippen LogP contribution >= 0.6 is 22.9 Å². The van der Waals surface area contributed by atoms with E-state index in [0.29, 0.717) is 18.0 Å². The molecule has 1 atom stereocenters. The van der Waals surface area contributed by atoms with E-state index in [1.165, 1.54) is 23.3 Å². The van der Waals surface area contributed by atoms with Gasteiger partial charge >= 0.3 is 0 Å². The van der Waals surface area contributed by atoms with Crippen LogP contribution in [0.4, 0.5) is 0 Å². The molecule has 19 heavy (non-hydrogen) atoms. The molecule has 1 aromatic carbocycles. The Morgan fingerprint density at radius 2 is 2.00 bits per heavy atom. The second kappa shape index (κ2) is 5.66. The Bertz CT molecular complexity index is 531. The SMILES string of the molecule is CC(NC1CC(c2ccccc2Cl)C1)c1cccs1. The molecule has 1 N–H and O–H groups in total. The molecule has 0 bridgehead atoms. The zero-order valence-corrected chi connectivity index (χ0v) is 12.5. The number of hydrogen-bond acceptors (Lipinski definition) is 2. The van der Waals surface area contributed by atoms with Crippen molar-refractivity contribution in [3.05, 3.63) is 57.2 Å². The van der Waals surface area contributed by atoms with Gasteiger partial charge in [-0.25, -0.2) is 0 Å². The smallest absolute Gasteiger partial charge is 0.0440 e. The first-order valence-electron chi connectivity index (χ1n) is 6.78. The number of thiophene rings is 1. The fraction of sp³-hybridized carbons (Fsp3) is 0.375. The molecule has 1 aromatic heterocycles. The first-order chi connectivity index (χ1) is 9.24. The molecule has 0 radical (unpaired) electrons. The van der Waals surface area contributed by atoms with Crippen molar-refractivity contribution in [2.75, 3.05) is 0 Å². The van der Waals surface area contributed by atoms with Crippen molar-refractivity contribution in [1.82, 2.24) is 5.32 Å². The molecule has 100 valence electrons. The van der Waals surface area contributed by atoms with E-state index in [2.05, 4.69) is 41.9 Å². The molecule has 0 spiro atoms. The Morgan fingerprint density at radius 3 is 2.68 bits per heavy atom. The van der Waals surface area contributed by atoms with Crippen LogP contribution in [0.25, 0.3) is 0 Å². The van der Waals surface area contributed by atoms with Gasteiger partial charge in [-0.15, -0.1) is 11.3 Å². The number of benzene rings is 1. The summed E-state index contributed by atoms with van der Waals surface area (Å²) in [6, 6.07) is 13.6. The zero-order valence-electron chi connectivity index (χ0n) is 11.0. The summed E-state index contributed by atoms with van der Waals surface area (Å²) in [7, 11) is 0. The zero-order chi connectivity index (χ0) is 13.2. The van der Waals surface area contributed by atoms with Gasteiger partial charge in [0.1, 0.15) is 0 Å². The first-order valence-corrected chi connectivity index (χ1v) is 8.03. The van der Waals surface area contributed by atoms with Gasteiger partial charge < -0.3 is 5.32 Å². The van der Waals surface area contributed by atoms with Crippen molar-refractivity contribution in [3.8, 4) is 0 Å². The molecule has 1 nitrogen and oxygen atoms in total. The van der Waals surface area contributed by atoms with E-state index in [-0.39, 0.29) is 0 Å². The van der Waals surface area contributed by atoms with Crippen LogP contribution in [-0.2, 0) is 0 Å². The summed E-state index contributed by atoms with van der Waals surface area (Å²) in [5.74, 6) is 0.627. The molecule has 0 saturated heterocycles. The number of hydrogen-bond donors (Lipinski definition) is 1. The van der Waals surface area contributed by atoms with Crippen molar-refractivity contribution in [2.45, 2.75) is 37.8 Å². The number of rotatable bonds is 4. The third-order valence-electron chi connectivity index (χ3n) is 3.94. The fourth-order valence-corrected chi connectivity index (χ4v) is 3.82. The normalized spacial score (nSPS) is 23.9. The maximum Gasteiger partial charge on any atom is 0.0440 e. The van der Waals surface area contributed by atoms with E-state index in [4.69, 9.17) is 11.6 Å². The summed E-state index contributed by atoms with van der Waals surface area (Å²) >= 11 is 8.07. The maximum atomic E-state index is 6.25. The molecule has 2 aromatic rings. The summed E-state index contributed by atoms with van der Waals surface area (Å²) in [6.07, 6.45) is 2.39. The monoisotopic (exact) mass is 291 g/mol. The lowest BCUT2D eigenvalue weighted by atomic mass is 9.75. The molecule has 3 heteroatoms. The maximum absolute atomic E-state index is 6.25. The molecular formula is C16H18ClNS. The molecule has 3 rings (SSSR count). The van der Waals surface area contributed by atoms with Crippen molar-refractivity contribution in [2.24, 2.45) is 0 Å². The summed E-state index contributed by atoms with van der Waals surface area (Å²) in [5.41, 5.74) is 1.31. The minimum Gasteiger partial charge on any atom is -0.307 e. The van der Waals surface area contributed by atoms with Crippen molar-refractivity contribution in [3.63, 3.8) is 0 Å². The molecular weight excluding hydrogens is 274 g/mol. The molecule has 1 aliphatic carbocycles. The molecule has 1 heterocycles. The third-order valence-corrected chi connectivity index (χ3v) is 5.34. The lowest BCUT2D eigenvalue weighted by molar-refractivity contribution is 0.272. The van der Waals surface area contributed by atoms with E-state index >= 15 is 0 Å². The standard InChI is InChI=1S/C16H18ClNS/c1-11(16-7-4-8-19-16)18-13-9-12(10-13)14-5-2-3-6-15(14)17/h2-8,11-13,18H,9-10H2,1H3. The number of nitrogens with one attached hydrogen (secondary N) is 1. The van der Waals surface area contributed by atoms with Gasteiger partial charge in [-0.3, -0.25) is 0 Å². The highest BCUT2D eigenvalue weighted by Crippen LogP contribution is 2.40. The minimum absolute atomic E-state index is 0.456. The third kappa shape index (κ3) is 2.86. The van der Waals surface area contributed by atoms with Crippen LogP contribution in [0, 0.1) is 0 Å². The van der Waals surface area contributed by atoms with Crippen LogP contribution in [0.1, 0.15) is 42.2 Å². The van der Waals surface area contributed by atoms with Crippen LogP contribution in [-0.4, -0.2) is 6.04 Å². The predicted molar refractivity (Wildman–Crippen MR) is 83.1 cm³/mol. The van der Waals surface area contributed by atoms with Gasteiger partial charge in [-0.1, -0.05) is 35.9 Å². The summed E-state index contributed by atoms with van der Waals surface area (Å²) in [6.45, 7) is 2.24. The van der Waals surface area contributed by atoms with E-state index in [1.807, 2.05) is 23.5 Å². The quantitative estimate of drug-likeness (QED) is 0.836. The highest BCUT2D eigenvalue weighted by molar-refractivity contribution is 7.10. The fourth-order valence-electron chi connectivity index (χ4n) is 2.79. The molecule has 1 aliphatic rings. The van der Waals surface area contributed by atoms with Gasteiger partial charge in [0.2, 0.25) is 0 Å². The first kappa shape index (κ1) is 13.2. The van der Waals surface area contributed by atoms with E-state index < -0.39 is 0 Å². The van der Waals surface area contributed by atoms with E-state index in [9.17, 15) is 0 Å². The average molecular weight is 292 g/mol. The lowest BCUT2D eigenvalue weighted by Crippen LogP contribution is -2.41. The Morgan fingerprint density at radius 1 is 1.21 bits per heavy atom. The summed E-state index contributed by atoms with van der Waals surface area (Å²) in [4.78, 5) is 1.42. The minimum atomic E-state index is 0.456. The molecule has 1 unspecified atom stereocenters. The van der Waals surface area contributed by atoms with Crippen LogP contribution in [0.15, 0.2) is 41.8 Å². The Labute approximate surface area is 123 Å². The van der Waals surface area contributed by atoms with Gasteiger partial charge in [0.05, 0.1) is 0 Å². The Balaban J connectivity index is 1.55.